The third kappa shape index (κ3) is 16.5. The van der Waals surface area contributed by atoms with Crippen molar-refractivity contribution in [2.45, 2.75) is 51.4 Å². The van der Waals surface area contributed by atoms with Gasteiger partial charge in [-0.2, -0.15) is 0 Å². The average molecular weight is 462 g/mol. The molecule has 0 saturated carbocycles. The average Bonchev–Trinajstić information content (AvgIpc) is 2.31. The molecule has 0 aliphatic heterocycles. The zero-order chi connectivity index (χ0) is 18.2. The molecular weight excluding hydrogens is 440 g/mol. The summed E-state index contributed by atoms with van der Waals surface area (Å²) in [5, 5.41) is 0. The Labute approximate surface area is 146 Å². The Morgan fingerprint density at radius 3 is 1.29 bits per heavy atom. The Morgan fingerprint density at radius 1 is 0.583 bits per heavy atom. The maximum absolute atomic E-state index is 10.7. The topological polar surface area (TPSA) is 0 Å². The molecule has 0 unspecified atom stereocenters. The molecular formula is C16H22F6PRh. The van der Waals surface area contributed by atoms with Gasteiger partial charge >= 0.3 is 146 Å². The van der Waals surface area contributed by atoms with Crippen LogP contribution in [0.3, 0.4) is 0 Å². The first kappa shape index (κ1) is 21.6. The minimum atomic E-state index is -10.7. The number of hydrogen-bond acceptors (Lipinski definition) is 0. The zero-order valence-electron chi connectivity index (χ0n) is 13.2. The summed E-state index contributed by atoms with van der Waals surface area (Å²) in [6.07, 6.45) is 24.5. The van der Waals surface area contributed by atoms with Crippen LogP contribution in [-0.2, 0) is 17.1 Å². The van der Waals surface area contributed by atoms with Crippen molar-refractivity contribution in [3.63, 3.8) is 0 Å². The Kier molecular flexibility index (Phi) is 7.50. The molecule has 0 fully saturated rings. The van der Waals surface area contributed by atoms with Crippen LogP contribution in [0.25, 0.3) is 0 Å². The summed E-state index contributed by atoms with van der Waals surface area (Å²) < 4.78 is 62.7. The molecule has 2 aliphatic rings. The van der Waals surface area contributed by atoms with E-state index >= 15 is 0 Å². The van der Waals surface area contributed by atoms with Crippen molar-refractivity contribution in [2.75, 3.05) is 0 Å². The van der Waals surface area contributed by atoms with Crippen molar-refractivity contribution in [1.82, 2.24) is 0 Å². The van der Waals surface area contributed by atoms with Crippen molar-refractivity contribution in [3.8, 4) is 0 Å². The van der Waals surface area contributed by atoms with Crippen molar-refractivity contribution in [1.29, 1.82) is 0 Å². The number of rotatable bonds is 2. The molecule has 0 N–H and O–H groups in total. The number of hydrogen-bond donors (Lipinski definition) is 0. The third-order valence-corrected chi connectivity index (χ3v) is 5.55. The molecule has 0 atom stereocenters. The van der Waals surface area contributed by atoms with Gasteiger partial charge in [-0.1, -0.05) is 0 Å². The third-order valence-electron chi connectivity index (χ3n) is 3.00. The van der Waals surface area contributed by atoms with E-state index in [0.717, 1.165) is 0 Å². The second-order valence-corrected chi connectivity index (χ2v) is 9.89. The molecule has 0 nitrogen and oxygen atoms in total. The van der Waals surface area contributed by atoms with Gasteiger partial charge in [0.05, 0.1) is 0 Å². The van der Waals surface area contributed by atoms with Gasteiger partial charge in [-0.15, -0.1) is 0 Å². The van der Waals surface area contributed by atoms with Crippen molar-refractivity contribution < 1.29 is 42.3 Å². The number of halogens is 6. The summed E-state index contributed by atoms with van der Waals surface area (Å²) >= 11 is 0.563. The Bertz CT molecular complexity index is 482. The Balaban J connectivity index is 0.000000351. The minimum absolute atomic E-state index is 0.563. The molecule has 0 bridgehead atoms. The van der Waals surface area contributed by atoms with E-state index in [1.807, 2.05) is 0 Å². The predicted octanol–water partition coefficient (Wildman–Crippen LogP) is 8.48. The van der Waals surface area contributed by atoms with Gasteiger partial charge in [0.15, 0.2) is 0 Å². The van der Waals surface area contributed by atoms with Crippen LogP contribution in [0.1, 0.15) is 51.4 Å². The van der Waals surface area contributed by atoms with Crippen LogP contribution in [-0.4, -0.2) is 0 Å². The van der Waals surface area contributed by atoms with Gasteiger partial charge in [-0.05, 0) is 0 Å². The van der Waals surface area contributed by atoms with E-state index in [0.29, 0.717) is 17.1 Å². The van der Waals surface area contributed by atoms with E-state index < -0.39 is 7.81 Å². The summed E-state index contributed by atoms with van der Waals surface area (Å²) in [6, 6.07) is 0. The Hall–Kier alpha value is -0.407. The van der Waals surface area contributed by atoms with Crippen LogP contribution in [0.4, 0.5) is 25.2 Å². The van der Waals surface area contributed by atoms with Crippen LogP contribution in [0.15, 0.2) is 44.8 Å². The normalized spacial score (nSPS) is 22.4. The molecule has 8 heteroatoms. The quantitative estimate of drug-likeness (QED) is 0.167. The first-order chi connectivity index (χ1) is 10.9. The standard InChI is InChI=1S/2C8H11.F6P.Rh/c2*1-2-4-6-8-7-5-3-1;1-7(2,3,4,5)6;/h2*1-2,7H,3-6H2;;/q;;-1;+1. The molecule has 0 heterocycles. The van der Waals surface area contributed by atoms with Gasteiger partial charge in [0.25, 0.3) is 0 Å². The molecule has 0 radical (unpaired) electrons. The first-order valence-electron chi connectivity index (χ1n) is 7.75. The maximum atomic E-state index is 9.87. The van der Waals surface area contributed by atoms with Crippen LogP contribution in [0.5, 0.6) is 0 Å². The van der Waals surface area contributed by atoms with E-state index in [2.05, 4.69) is 36.5 Å². The van der Waals surface area contributed by atoms with E-state index in [-0.39, 0.29) is 0 Å². The monoisotopic (exact) mass is 462 g/mol. The number of allylic oxidation sites excluding steroid dienone is 8. The summed E-state index contributed by atoms with van der Waals surface area (Å²) in [6.45, 7) is 0. The summed E-state index contributed by atoms with van der Waals surface area (Å²) in [5.41, 5.74) is 0. The van der Waals surface area contributed by atoms with E-state index in [1.54, 1.807) is 8.33 Å². The molecule has 142 valence electrons. The second-order valence-electron chi connectivity index (χ2n) is 5.46. The van der Waals surface area contributed by atoms with Crippen LogP contribution < -0.4 is 0 Å². The molecule has 0 aromatic rings. The summed E-state index contributed by atoms with van der Waals surface area (Å²) in [4.78, 5) is 0. The predicted molar refractivity (Wildman–Crippen MR) is 85.0 cm³/mol. The van der Waals surface area contributed by atoms with E-state index in [1.165, 1.54) is 51.4 Å². The summed E-state index contributed by atoms with van der Waals surface area (Å²) in [7, 11) is -10.7. The fourth-order valence-corrected chi connectivity index (χ4v) is 4.42. The van der Waals surface area contributed by atoms with Crippen LogP contribution in [0.2, 0.25) is 0 Å². The van der Waals surface area contributed by atoms with Crippen molar-refractivity contribution in [3.05, 3.63) is 44.8 Å². The van der Waals surface area contributed by atoms with Crippen molar-refractivity contribution >= 4 is 7.81 Å². The van der Waals surface area contributed by atoms with Gasteiger partial charge in [0.2, 0.25) is 0 Å². The fraction of sp³-hybridized carbons (Fsp3) is 0.500. The SMILES string of the molecule is C1=CCC[C]([Rh+][C]2=CCCC=CCC2)=CCC1.F[P-](F)(F)(F)(F)F. The van der Waals surface area contributed by atoms with E-state index in [9.17, 15) is 25.2 Å². The molecule has 0 saturated heterocycles. The van der Waals surface area contributed by atoms with Crippen LogP contribution in [0, 0.1) is 0 Å². The zero-order valence-corrected chi connectivity index (χ0v) is 15.7. The van der Waals surface area contributed by atoms with Gasteiger partial charge in [-0.3, -0.25) is 0 Å². The Morgan fingerprint density at radius 2 is 0.917 bits per heavy atom. The summed E-state index contributed by atoms with van der Waals surface area (Å²) in [5.74, 6) is 0. The molecule has 24 heavy (non-hydrogen) atoms. The fourth-order valence-electron chi connectivity index (χ4n) is 2.05. The first-order valence-corrected chi connectivity index (χ1v) is 11.4. The second kappa shape index (κ2) is 8.32. The van der Waals surface area contributed by atoms with Crippen LogP contribution >= 0.6 is 7.81 Å². The van der Waals surface area contributed by atoms with Gasteiger partial charge in [0.1, 0.15) is 0 Å². The molecule has 0 spiro atoms. The van der Waals surface area contributed by atoms with E-state index in [4.69, 9.17) is 0 Å². The molecule has 2 aliphatic carbocycles. The molecule has 2 rings (SSSR count). The molecule has 0 aromatic carbocycles. The molecule has 0 amide bonds. The van der Waals surface area contributed by atoms with Gasteiger partial charge in [0, 0.05) is 0 Å². The van der Waals surface area contributed by atoms with Crippen molar-refractivity contribution in [2.24, 2.45) is 0 Å². The molecule has 0 aromatic heterocycles. The van der Waals surface area contributed by atoms with Gasteiger partial charge in [-0.25, -0.2) is 0 Å². The van der Waals surface area contributed by atoms with Gasteiger partial charge < -0.3 is 0 Å².